The minimum absolute atomic E-state index is 0.0259. The molecule has 0 saturated carbocycles. The summed E-state index contributed by atoms with van der Waals surface area (Å²) >= 11 is 0. The number of aryl methyl sites for hydroxylation is 3. The Balaban J connectivity index is 1.51. The molecule has 3 aromatic carbocycles. The first-order valence-corrected chi connectivity index (χ1v) is 14.0. The lowest BCUT2D eigenvalue weighted by molar-refractivity contribution is -0.127. The SMILES string of the molecule is Cc1ccc(-c2nnn(CC(=O)N(c3cccc(C)c3C)[C@H](C(=O)NC[C@@H]3CCCO3)c3ccc(C)cc3)n2)cc1. The van der Waals surface area contributed by atoms with Crippen LogP contribution in [0.1, 0.15) is 46.7 Å². The highest BCUT2D eigenvalue weighted by Crippen LogP contribution is 2.32. The summed E-state index contributed by atoms with van der Waals surface area (Å²) < 4.78 is 5.73. The van der Waals surface area contributed by atoms with E-state index in [0.717, 1.165) is 40.7 Å². The summed E-state index contributed by atoms with van der Waals surface area (Å²) in [5, 5.41) is 15.9. The normalized spacial score (nSPS) is 15.5. The van der Waals surface area contributed by atoms with Crippen molar-refractivity contribution in [3.63, 3.8) is 0 Å². The number of nitrogens with one attached hydrogen (secondary N) is 1. The number of rotatable bonds is 9. The second-order valence-electron chi connectivity index (χ2n) is 10.7. The summed E-state index contributed by atoms with van der Waals surface area (Å²) in [5.41, 5.74) is 6.30. The lowest BCUT2D eigenvalue weighted by Gasteiger charge is -2.33. The minimum atomic E-state index is -0.912. The Morgan fingerprint density at radius 3 is 2.39 bits per heavy atom. The van der Waals surface area contributed by atoms with Gasteiger partial charge >= 0.3 is 0 Å². The quantitative estimate of drug-likeness (QED) is 0.325. The van der Waals surface area contributed by atoms with Gasteiger partial charge in [0, 0.05) is 24.4 Å². The van der Waals surface area contributed by atoms with Crippen molar-refractivity contribution in [1.29, 1.82) is 0 Å². The summed E-state index contributed by atoms with van der Waals surface area (Å²) in [6.45, 7) is 8.86. The number of aromatic nitrogens is 4. The standard InChI is InChI=1S/C32H36N6O3/c1-21-10-14-25(15-11-21)30(32(40)33-19-27-8-6-18-41-27)38(28-9-5-7-23(3)24(28)4)29(39)20-37-35-31(34-36-37)26-16-12-22(2)13-17-26/h5,7,9-17,27,30H,6,8,18-20H2,1-4H3,(H,33,40)/t27-,30-/m0/s1. The first kappa shape index (κ1) is 28.2. The minimum Gasteiger partial charge on any atom is -0.376 e. The van der Waals surface area contributed by atoms with Crippen LogP contribution in [0.3, 0.4) is 0 Å². The van der Waals surface area contributed by atoms with E-state index in [2.05, 4.69) is 20.7 Å². The molecular formula is C32H36N6O3. The lowest BCUT2D eigenvalue weighted by Crippen LogP contribution is -2.47. The summed E-state index contributed by atoms with van der Waals surface area (Å²) in [6, 6.07) is 20.4. The van der Waals surface area contributed by atoms with Crippen LogP contribution in [-0.4, -0.2) is 51.3 Å². The molecule has 212 valence electrons. The fourth-order valence-electron chi connectivity index (χ4n) is 5.02. The molecule has 0 radical (unpaired) electrons. The van der Waals surface area contributed by atoms with Crippen LogP contribution in [0.4, 0.5) is 5.69 Å². The molecular weight excluding hydrogens is 516 g/mol. The first-order chi connectivity index (χ1) is 19.8. The molecule has 0 aliphatic carbocycles. The van der Waals surface area contributed by atoms with Crippen molar-refractivity contribution in [1.82, 2.24) is 25.5 Å². The molecule has 2 heterocycles. The van der Waals surface area contributed by atoms with Crippen molar-refractivity contribution < 1.29 is 14.3 Å². The van der Waals surface area contributed by atoms with E-state index in [1.54, 1.807) is 4.90 Å². The second-order valence-corrected chi connectivity index (χ2v) is 10.7. The lowest BCUT2D eigenvalue weighted by atomic mass is 9.99. The number of hydrogen-bond acceptors (Lipinski definition) is 6. The van der Waals surface area contributed by atoms with Gasteiger partial charge in [0.1, 0.15) is 12.6 Å². The maximum Gasteiger partial charge on any atom is 0.251 e. The Bertz CT molecular complexity index is 1510. The van der Waals surface area contributed by atoms with Crippen LogP contribution in [0.2, 0.25) is 0 Å². The highest BCUT2D eigenvalue weighted by atomic mass is 16.5. The van der Waals surface area contributed by atoms with E-state index in [9.17, 15) is 9.59 Å². The van der Waals surface area contributed by atoms with Crippen molar-refractivity contribution in [3.05, 3.63) is 94.5 Å². The zero-order valence-corrected chi connectivity index (χ0v) is 24.0. The van der Waals surface area contributed by atoms with Gasteiger partial charge in [0.25, 0.3) is 5.91 Å². The molecule has 1 N–H and O–H groups in total. The molecule has 4 aromatic rings. The molecule has 1 fully saturated rings. The smallest absolute Gasteiger partial charge is 0.251 e. The number of carbonyl (C=O) groups excluding carboxylic acids is 2. The third kappa shape index (κ3) is 6.52. The maximum absolute atomic E-state index is 14.2. The maximum atomic E-state index is 14.2. The van der Waals surface area contributed by atoms with E-state index in [4.69, 9.17) is 4.74 Å². The van der Waals surface area contributed by atoms with E-state index in [1.807, 2.05) is 94.4 Å². The molecule has 0 bridgehead atoms. The van der Waals surface area contributed by atoms with Gasteiger partial charge in [-0.05, 0) is 68.5 Å². The predicted octanol–water partition coefficient (Wildman–Crippen LogP) is 4.64. The Kier molecular flexibility index (Phi) is 8.54. The number of hydrogen-bond donors (Lipinski definition) is 1. The summed E-state index contributed by atoms with van der Waals surface area (Å²) in [7, 11) is 0. The fraction of sp³-hybridized carbons (Fsp3) is 0.344. The third-order valence-corrected chi connectivity index (χ3v) is 7.57. The van der Waals surface area contributed by atoms with E-state index < -0.39 is 6.04 Å². The van der Waals surface area contributed by atoms with Gasteiger partial charge in [0.2, 0.25) is 11.7 Å². The van der Waals surface area contributed by atoms with Crippen molar-refractivity contribution in [2.24, 2.45) is 0 Å². The van der Waals surface area contributed by atoms with Crippen LogP contribution < -0.4 is 10.2 Å². The van der Waals surface area contributed by atoms with Crippen molar-refractivity contribution >= 4 is 17.5 Å². The molecule has 0 spiro atoms. The third-order valence-electron chi connectivity index (χ3n) is 7.57. The van der Waals surface area contributed by atoms with Gasteiger partial charge in [-0.15, -0.1) is 10.2 Å². The molecule has 2 atom stereocenters. The Labute approximate surface area is 240 Å². The molecule has 1 saturated heterocycles. The van der Waals surface area contributed by atoms with Gasteiger partial charge in [-0.1, -0.05) is 71.8 Å². The molecule has 0 unspecified atom stereocenters. The molecule has 5 rings (SSSR count). The van der Waals surface area contributed by atoms with E-state index in [0.29, 0.717) is 30.2 Å². The van der Waals surface area contributed by atoms with Crippen LogP contribution in [0, 0.1) is 27.7 Å². The van der Waals surface area contributed by atoms with Crippen LogP contribution in [0.5, 0.6) is 0 Å². The molecule has 9 heteroatoms. The predicted molar refractivity (Wildman–Crippen MR) is 157 cm³/mol. The zero-order chi connectivity index (χ0) is 28.9. The fourth-order valence-corrected chi connectivity index (χ4v) is 5.02. The molecule has 1 aromatic heterocycles. The number of amides is 2. The zero-order valence-electron chi connectivity index (χ0n) is 24.0. The van der Waals surface area contributed by atoms with E-state index in [1.165, 1.54) is 4.80 Å². The van der Waals surface area contributed by atoms with Gasteiger partial charge in [-0.2, -0.15) is 4.80 Å². The Morgan fingerprint density at radius 2 is 1.71 bits per heavy atom. The highest BCUT2D eigenvalue weighted by molar-refractivity contribution is 6.01. The number of benzene rings is 3. The van der Waals surface area contributed by atoms with Gasteiger partial charge in [-0.3, -0.25) is 14.5 Å². The topological polar surface area (TPSA) is 102 Å². The van der Waals surface area contributed by atoms with Crippen molar-refractivity contribution in [2.45, 2.75) is 59.2 Å². The average Bonchev–Trinajstić information content (AvgIpc) is 3.66. The highest BCUT2D eigenvalue weighted by Gasteiger charge is 2.34. The molecule has 1 aliphatic rings. The number of nitrogens with zero attached hydrogens (tertiary/aromatic N) is 5. The van der Waals surface area contributed by atoms with Gasteiger partial charge in [-0.25, -0.2) is 0 Å². The second kappa shape index (κ2) is 12.4. The van der Waals surface area contributed by atoms with E-state index in [-0.39, 0.29) is 24.5 Å². The Hall–Kier alpha value is -4.37. The monoisotopic (exact) mass is 552 g/mol. The average molecular weight is 553 g/mol. The van der Waals surface area contributed by atoms with Crippen LogP contribution in [0.15, 0.2) is 66.7 Å². The van der Waals surface area contributed by atoms with Crippen molar-refractivity contribution in [2.75, 3.05) is 18.1 Å². The first-order valence-electron chi connectivity index (χ1n) is 14.0. The van der Waals surface area contributed by atoms with Crippen LogP contribution >= 0.6 is 0 Å². The molecule has 2 amide bonds. The number of carbonyl (C=O) groups is 2. The number of ether oxygens (including phenoxy) is 1. The van der Waals surface area contributed by atoms with Crippen LogP contribution in [0.25, 0.3) is 11.4 Å². The van der Waals surface area contributed by atoms with Crippen molar-refractivity contribution in [3.8, 4) is 11.4 Å². The summed E-state index contributed by atoms with van der Waals surface area (Å²) in [4.78, 5) is 31.0. The number of tetrazole rings is 1. The summed E-state index contributed by atoms with van der Waals surface area (Å²) in [6.07, 6.45) is 1.85. The van der Waals surface area contributed by atoms with Crippen LogP contribution in [-0.2, 0) is 20.9 Å². The molecule has 1 aliphatic heterocycles. The van der Waals surface area contributed by atoms with Gasteiger partial charge < -0.3 is 10.1 Å². The Morgan fingerprint density at radius 1 is 1.00 bits per heavy atom. The van der Waals surface area contributed by atoms with Gasteiger partial charge in [0.15, 0.2) is 0 Å². The number of anilines is 1. The van der Waals surface area contributed by atoms with E-state index >= 15 is 0 Å². The van der Waals surface area contributed by atoms with Gasteiger partial charge in [0.05, 0.1) is 6.10 Å². The summed E-state index contributed by atoms with van der Waals surface area (Å²) in [5.74, 6) is -0.171. The molecule has 41 heavy (non-hydrogen) atoms. The molecule has 9 nitrogen and oxygen atoms in total. The largest absolute Gasteiger partial charge is 0.376 e.